The molecule has 30 heavy (non-hydrogen) atoms. The number of methoxy groups -OCH3 is 1. The molecule has 8 heteroatoms. The number of benzene rings is 2. The molecule has 0 bridgehead atoms. The number of rotatable bonds is 9. The number of carbonyl (C=O) groups is 1. The molecule has 2 aromatic carbocycles. The van der Waals surface area contributed by atoms with Gasteiger partial charge in [0.1, 0.15) is 17.4 Å². The van der Waals surface area contributed by atoms with Gasteiger partial charge in [-0.05, 0) is 30.7 Å². The summed E-state index contributed by atoms with van der Waals surface area (Å²) < 4.78 is 13.0. The lowest BCUT2D eigenvalue weighted by Gasteiger charge is -2.05. The van der Waals surface area contributed by atoms with Crippen molar-refractivity contribution in [3.05, 3.63) is 59.6 Å². The predicted octanol–water partition coefficient (Wildman–Crippen LogP) is 6.04. The second-order valence-electron chi connectivity index (χ2n) is 6.40. The summed E-state index contributed by atoms with van der Waals surface area (Å²) in [5, 5.41) is 2.77. The lowest BCUT2D eigenvalue weighted by Crippen LogP contribution is -2.05. The van der Waals surface area contributed by atoms with E-state index >= 15 is 0 Å². The van der Waals surface area contributed by atoms with Gasteiger partial charge in [0.25, 0.3) is 0 Å². The number of para-hydroxylation sites is 2. The zero-order valence-electron chi connectivity index (χ0n) is 16.4. The van der Waals surface area contributed by atoms with Gasteiger partial charge in [0.05, 0.1) is 28.6 Å². The highest BCUT2D eigenvalue weighted by atomic mass is 32.2. The van der Waals surface area contributed by atoms with Gasteiger partial charge < -0.3 is 9.47 Å². The average Bonchev–Trinajstić information content (AvgIpc) is 3.42. The third-order valence-electron chi connectivity index (χ3n) is 4.30. The summed E-state index contributed by atoms with van der Waals surface area (Å²) in [7, 11) is 1.64. The molecule has 5 nitrogen and oxygen atoms in total. The van der Waals surface area contributed by atoms with Gasteiger partial charge >= 0.3 is 5.97 Å². The molecule has 0 aliphatic carbocycles. The van der Waals surface area contributed by atoms with Crippen LogP contribution in [0.4, 0.5) is 0 Å². The number of thioether (sulfide) groups is 1. The van der Waals surface area contributed by atoms with E-state index in [9.17, 15) is 4.79 Å². The maximum Gasteiger partial charge on any atom is 0.306 e. The zero-order chi connectivity index (χ0) is 20.8. The van der Waals surface area contributed by atoms with E-state index < -0.39 is 0 Å². The highest BCUT2D eigenvalue weighted by Crippen LogP contribution is 2.32. The Hall–Kier alpha value is -2.42. The summed E-state index contributed by atoms with van der Waals surface area (Å²) in [4.78, 5) is 21.2. The van der Waals surface area contributed by atoms with Crippen LogP contribution in [-0.2, 0) is 16.1 Å². The first-order valence-corrected chi connectivity index (χ1v) is 12.1. The van der Waals surface area contributed by atoms with E-state index in [-0.39, 0.29) is 12.6 Å². The third kappa shape index (κ3) is 5.19. The van der Waals surface area contributed by atoms with E-state index in [1.54, 1.807) is 30.2 Å². The Kier molecular flexibility index (Phi) is 6.99. The van der Waals surface area contributed by atoms with Crippen LogP contribution in [0.5, 0.6) is 5.75 Å². The van der Waals surface area contributed by atoms with Crippen LogP contribution in [0.1, 0.15) is 18.5 Å². The van der Waals surface area contributed by atoms with E-state index in [1.807, 2.05) is 47.8 Å². The van der Waals surface area contributed by atoms with Gasteiger partial charge in [0.2, 0.25) is 0 Å². The molecule has 0 N–H and O–H groups in total. The molecular weight excluding hydrogens is 436 g/mol. The Labute approximate surface area is 187 Å². The molecule has 0 aliphatic rings. The Morgan fingerprint density at radius 1 is 1.10 bits per heavy atom. The summed E-state index contributed by atoms with van der Waals surface area (Å²) in [6.07, 6.45) is 1.14. The largest absolute Gasteiger partial charge is 0.496 e. The summed E-state index contributed by atoms with van der Waals surface area (Å²) in [6.45, 7) is 0.190. The fourth-order valence-corrected chi connectivity index (χ4v) is 5.75. The van der Waals surface area contributed by atoms with E-state index in [1.165, 1.54) is 16.0 Å². The van der Waals surface area contributed by atoms with Gasteiger partial charge in [-0.1, -0.05) is 36.0 Å². The first kappa shape index (κ1) is 20.8. The fraction of sp³-hybridized carbons (Fsp3) is 0.227. The van der Waals surface area contributed by atoms with E-state index in [0.717, 1.165) is 44.0 Å². The molecule has 0 atom stereocenters. The van der Waals surface area contributed by atoms with Crippen molar-refractivity contribution in [2.24, 2.45) is 0 Å². The Morgan fingerprint density at radius 3 is 2.80 bits per heavy atom. The van der Waals surface area contributed by atoms with Crippen LogP contribution in [0.25, 0.3) is 20.8 Å². The molecule has 0 saturated heterocycles. The van der Waals surface area contributed by atoms with E-state index in [4.69, 9.17) is 9.47 Å². The van der Waals surface area contributed by atoms with Crippen molar-refractivity contribution < 1.29 is 14.3 Å². The molecule has 0 saturated carbocycles. The van der Waals surface area contributed by atoms with Crippen molar-refractivity contribution in [3.63, 3.8) is 0 Å². The van der Waals surface area contributed by atoms with Crippen molar-refractivity contribution >= 4 is 50.6 Å². The molecule has 0 amide bonds. The topological polar surface area (TPSA) is 61.3 Å². The highest BCUT2D eigenvalue weighted by Gasteiger charge is 2.11. The van der Waals surface area contributed by atoms with Gasteiger partial charge in [-0.15, -0.1) is 22.7 Å². The minimum Gasteiger partial charge on any atom is -0.496 e. The van der Waals surface area contributed by atoms with Crippen molar-refractivity contribution in [1.29, 1.82) is 0 Å². The molecule has 4 aromatic rings. The normalized spacial score (nSPS) is 11.0. The second-order valence-corrected chi connectivity index (χ2v) is 9.64. The number of thiazole rings is 2. The SMILES string of the molecule is COc1ccccc1-c1nc(COC(=O)CCCSc2nc3ccccc3s2)cs1. The van der Waals surface area contributed by atoms with Crippen molar-refractivity contribution in [2.45, 2.75) is 23.8 Å². The molecule has 0 unspecified atom stereocenters. The summed E-state index contributed by atoms with van der Waals surface area (Å²) in [6, 6.07) is 15.9. The molecule has 4 rings (SSSR count). The predicted molar refractivity (Wildman–Crippen MR) is 123 cm³/mol. The zero-order valence-corrected chi connectivity index (χ0v) is 18.8. The maximum absolute atomic E-state index is 12.1. The third-order valence-corrected chi connectivity index (χ3v) is 7.49. The Balaban J connectivity index is 1.21. The monoisotopic (exact) mass is 456 g/mol. The summed E-state index contributed by atoms with van der Waals surface area (Å²) in [5.74, 6) is 1.41. The van der Waals surface area contributed by atoms with Gasteiger partial charge in [-0.25, -0.2) is 9.97 Å². The van der Waals surface area contributed by atoms with Gasteiger partial charge in [0.15, 0.2) is 4.34 Å². The molecule has 0 spiro atoms. The number of ether oxygens (including phenoxy) is 2. The van der Waals surface area contributed by atoms with Gasteiger partial charge in [-0.2, -0.15) is 0 Å². The van der Waals surface area contributed by atoms with Crippen molar-refractivity contribution in [2.75, 3.05) is 12.9 Å². The molecule has 2 heterocycles. The number of nitrogens with zero attached hydrogens (tertiary/aromatic N) is 2. The van der Waals surface area contributed by atoms with Crippen LogP contribution in [0.3, 0.4) is 0 Å². The van der Waals surface area contributed by atoms with Crippen LogP contribution >= 0.6 is 34.4 Å². The lowest BCUT2D eigenvalue weighted by molar-refractivity contribution is -0.145. The van der Waals surface area contributed by atoms with Crippen LogP contribution in [0.2, 0.25) is 0 Å². The maximum atomic E-state index is 12.1. The van der Waals surface area contributed by atoms with Gasteiger partial charge in [-0.3, -0.25) is 4.79 Å². The molecule has 154 valence electrons. The number of esters is 1. The quantitative estimate of drug-likeness (QED) is 0.174. The minimum atomic E-state index is -0.202. The number of hydrogen-bond donors (Lipinski definition) is 0. The van der Waals surface area contributed by atoms with Crippen LogP contribution < -0.4 is 4.74 Å². The second kappa shape index (κ2) is 10.1. The van der Waals surface area contributed by atoms with Crippen molar-refractivity contribution in [1.82, 2.24) is 9.97 Å². The van der Waals surface area contributed by atoms with Gasteiger partial charge in [0, 0.05) is 17.6 Å². The Morgan fingerprint density at radius 2 is 1.93 bits per heavy atom. The van der Waals surface area contributed by atoms with Crippen LogP contribution in [-0.4, -0.2) is 28.8 Å². The number of aromatic nitrogens is 2. The summed E-state index contributed by atoms with van der Waals surface area (Å²) >= 11 is 4.88. The standard InChI is InChI=1S/C22H20N2O3S3/c1-26-18-9-4-2-7-16(18)21-23-15(14-29-21)13-27-20(25)11-6-12-28-22-24-17-8-3-5-10-19(17)30-22/h2-5,7-10,14H,6,11-13H2,1H3. The lowest BCUT2D eigenvalue weighted by atomic mass is 10.2. The molecule has 0 fully saturated rings. The van der Waals surface area contributed by atoms with E-state index in [2.05, 4.69) is 16.0 Å². The highest BCUT2D eigenvalue weighted by molar-refractivity contribution is 8.01. The first-order valence-electron chi connectivity index (χ1n) is 9.45. The molecule has 0 aliphatic heterocycles. The van der Waals surface area contributed by atoms with Crippen molar-refractivity contribution in [3.8, 4) is 16.3 Å². The molecular formula is C22H20N2O3S3. The number of carbonyl (C=O) groups excluding carboxylic acids is 1. The minimum absolute atomic E-state index is 0.190. The van der Waals surface area contributed by atoms with Crippen LogP contribution in [0, 0.1) is 0 Å². The number of hydrogen-bond acceptors (Lipinski definition) is 8. The number of fused-ring (bicyclic) bond motifs is 1. The smallest absolute Gasteiger partial charge is 0.306 e. The Bertz CT molecular complexity index is 1110. The average molecular weight is 457 g/mol. The molecule has 0 radical (unpaired) electrons. The van der Waals surface area contributed by atoms with Crippen LogP contribution in [0.15, 0.2) is 58.3 Å². The van der Waals surface area contributed by atoms with E-state index in [0.29, 0.717) is 6.42 Å². The first-order chi connectivity index (χ1) is 14.7. The molecule has 2 aromatic heterocycles. The summed E-state index contributed by atoms with van der Waals surface area (Å²) in [5.41, 5.74) is 2.72. The fourth-order valence-electron chi connectivity index (χ4n) is 2.83.